The van der Waals surface area contributed by atoms with Crippen LogP contribution in [0.3, 0.4) is 0 Å². The zero-order valence-corrected chi connectivity index (χ0v) is 8.74. The quantitative estimate of drug-likeness (QED) is 0.670. The Kier molecular flexibility index (Phi) is 4.51. The van der Waals surface area contributed by atoms with Crippen molar-refractivity contribution in [1.29, 1.82) is 0 Å². The van der Waals surface area contributed by atoms with Crippen LogP contribution < -0.4 is 0 Å². The molecule has 0 bridgehead atoms. The number of hydrogen-bond acceptors (Lipinski definition) is 1. The summed E-state index contributed by atoms with van der Waals surface area (Å²) < 4.78 is 35.6. The molecule has 0 N–H and O–H groups in total. The Balaban J connectivity index is 2.18. The molecule has 1 fully saturated rings. The van der Waals surface area contributed by atoms with E-state index >= 15 is 0 Å². The van der Waals surface area contributed by atoms with Crippen LogP contribution in [0.2, 0.25) is 0 Å². The lowest BCUT2D eigenvalue weighted by molar-refractivity contribution is -0.136. The zero-order valence-electron chi connectivity index (χ0n) is 7.99. The van der Waals surface area contributed by atoms with Crippen molar-refractivity contribution in [2.45, 2.75) is 37.9 Å². The second-order valence-electron chi connectivity index (χ2n) is 3.71. The molecule has 1 heterocycles. The first kappa shape index (κ1) is 12.1. The average molecular weight is 230 g/mol. The highest BCUT2D eigenvalue weighted by Crippen LogP contribution is 2.23. The Labute approximate surface area is 87.2 Å². The summed E-state index contributed by atoms with van der Waals surface area (Å²) in [6.07, 6.45) is -2.43. The second-order valence-corrected chi connectivity index (χ2v) is 4.01. The fourth-order valence-electron chi connectivity index (χ4n) is 1.85. The second kappa shape index (κ2) is 5.21. The lowest BCUT2D eigenvalue weighted by Gasteiger charge is -2.22. The lowest BCUT2D eigenvalue weighted by Crippen LogP contribution is -2.32. The fourth-order valence-corrected chi connectivity index (χ4v) is 2.20. The molecule has 0 saturated carbocycles. The molecule has 0 aromatic rings. The first-order valence-electron chi connectivity index (χ1n) is 4.89. The van der Waals surface area contributed by atoms with Crippen LogP contribution in [0.5, 0.6) is 0 Å². The molecule has 1 nitrogen and oxygen atoms in total. The molecule has 0 spiro atoms. The van der Waals surface area contributed by atoms with Crippen molar-refractivity contribution in [1.82, 2.24) is 4.90 Å². The standard InChI is InChI=1S/C9H15ClF3N/c10-7-8-3-1-5-14(8)6-2-4-9(11,12)13/h8H,1-7H2. The van der Waals surface area contributed by atoms with E-state index in [1.165, 1.54) is 0 Å². The lowest BCUT2D eigenvalue weighted by atomic mass is 10.2. The van der Waals surface area contributed by atoms with Crippen molar-refractivity contribution in [2.24, 2.45) is 0 Å². The maximum Gasteiger partial charge on any atom is 0.389 e. The van der Waals surface area contributed by atoms with Crippen LogP contribution in [0.25, 0.3) is 0 Å². The van der Waals surface area contributed by atoms with Gasteiger partial charge in [0.25, 0.3) is 0 Å². The Morgan fingerprint density at radius 1 is 1.36 bits per heavy atom. The molecule has 0 amide bonds. The molecule has 0 aromatic heterocycles. The van der Waals surface area contributed by atoms with E-state index in [1.54, 1.807) is 0 Å². The van der Waals surface area contributed by atoms with Crippen molar-refractivity contribution in [3.8, 4) is 0 Å². The Bertz CT molecular complexity index is 172. The monoisotopic (exact) mass is 229 g/mol. The van der Waals surface area contributed by atoms with Gasteiger partial charge >= 0.3 is 6.18 Å². The van der Waals surface area contributed by atoms with Crippen LogP contribution in [0.15, 0.2) is 0 Å². The van der Waals surface area contributed by atoms with Crippen molar-refractivity contribution < 1.29 is 13.2 Å². The summed E-state index contributed by atoms with van der Waals surface area (Å²) in [5.74, 6) is 0.534. The van der Waals surface area contributed by atoms with Gasteiger partial charge < -0.3 is 0 Å². The molecule has 1 saturated heterocycles. The van der Waals surface area contributed by atoms with Gasteiger partial charge in [-0.3, -0.25) is 4.90 Å². The van der Waals surface area contributed by atoms with Gasteiger partial charge in [0.2, 0.25) is 0 Å². The molecule has 1 atom stereocenters. The first-order chi connectivity index (χ1) is 6.53. The molecule has 14 heavy (non-hydrogen) atoms. The normalized spacial score (nSPS) is 24.4. The van der Waals surface area contributed by atoms with Crippen molar-refractivity contribution in [3.05, 3.63) is 0 Å². The van der Waals surface area contributed by atoms with Crippen LogP contribution in [0.4, 0.5) is 13.2 Å². The predicted octanol–water partition coefficient (Wildman–Crippen LogP) is 3.03. The van der Waals surface area contributed by atoms with Crippen molar-refractivity contribution in [2.75, 3.05) is 19.0 Å². The molecular weight excluding hydrogens is 215 g/mol. The maximum absolute atomic E-state index is 11.9. The fraction of sp³-hybridized carbons (Fsp3) is 1.00. The van der Waals surface area contributed by atoms with E-state index in [9.17, 15) is 13.2 Å². The third kappa shape index (κ3) is 4.05. The SMILES string of the molecule is FC(F)(F)CCCN1CCCC1CCl. The van der Waals surface area contributed by atoms with E-state index in [0.717, 1.165) is 19.4 Å². The molecule has 0 aromatic carbocycles. The van der Waals surface area contributed by atoms with Gasteiger partial charge in [-0.15, -0.1) is 11.6 Å². The number of rotatable bonds is 4. The summed E-state index contributed by atoms with van der Waals surface area (Å²) in [5.41, 5.74) is 0. The molecule has 5 heteroatoms. The van der Waals surface area contributed by atoms with Gasteiger partial charge in [-0.1, -0.05) is 0 Å². The average Bonchev–Trinajstić information content (AvgIpc) is 2.49. The smallest absolute Gasteiger partial charge is 0.299 e. The Morgan fingerprint density at radius 3 is 2.64 bits per heavy atom. The number of hydrogen-bond donors (Lipinski definition) is 0. The van der Waals surface area contributed by atoms with Crippen LogP contribution in [-0.2, 0) is 0 Å². The molecule has 1 unspecified atom stereocenters. The van der Waals surface area contributed by atoms with Crippen LogP contribution >= 0.6 is 11.6 Å². The molecule has 1 rings (SSSR count). The van der Waals surface area contributed by atoms with Gasteiger partial charge in [-0.25, -0.2) is 0 Å². The van der Waals surface area contributed by atoms with Gasteiger partial charge in [0, 0.05) is 18.3 Å². The van der Waals surface area contributed by atoms with Crippen LogP contribution in [0.1, 0.15) is 25.7 Å². The molecule has 84 valence electrons. The van der Waals surface area contributed by atoms with Gasteiger partial charge in [-0.2, -0.15) is 13.2 Å². The summed E-state index contributed by atoms with van der Waals surface area (Å²) >= 11 is 5.71. The molecule has 1 aliphatic rings. The van der Waals surface area contributed by atoms with Gasteiger partial charge in [0.05, 0.1) is 0 Å². The van der Waals surface area contributed by atoms with E-state index in [0.29, 0.717) is 18.5 Å². The molecular formula is C9H15ClF3N. The minimum atomic E-state index is -4.02. The minimum absolute atomic E-state index is 0.191. The Morgan fingerprint density at radius 2 is 2.07 bits per heavy atom. The third-order valence-corrected chi connectivity index (χ3v) is 2.94. The highest BCUT2D eigenvalue weighted by atomic mass is 35.5. The molecule has 0 aliphatic carbocycles. The minimum Gasteiger partial charge on any atom is -0.299 e. The van der Waals surface area contributed by atoms with Crippen LogP contribution in [0, 0.1) is 0 Å². The highest BCUT2D eigenvalue weighted by molar-refractivity contribution is 6.18. The van der Waals surface area contributed by atoms with Gasteiger partial charge in [0.15, 0.2) is 0 Å². The summed E-state index contributed by atoms with van der Waals surface area (Å²) in [6, 6.07) is 0.296. The number of alkyl halides is 4. The highest BCUT2D eigenvalue weighted by Gasteiger charge is 2.28. The summed E-state index contributed by atoms with van der Waals surface area (Å²) in [4.78, 5) is 2.07. The first-order valence-corrected chi connectivity index (χ1v) is 5.43. The van der Waals surface area contributed by atoms with E-state index in [2.05, 4.69) is 4.90 Å². The maximum atomic E-state index is 11.9. The Hall–Kier alpha value is 0.0400. The topological polar surface area (TPSA) is 3.24 Å². The van der Waals surface area contributed by atoms with E-state index in [-0.39, 0.29) is 6.42 Å². The number of nitrogens with zero attached hydrogens (tertiary/aromatic N) is 1. The zero-order chi connectivity index (χ0) is 10.6. The molecule has 1 aliphatic heterocycles. The number of halogens is 4. The van der Waals surface area contributed by atoms with E-state index in [1.807, 2.05) is 0 Å². The predicted molar refractivity (Wildman–Crippen MR) is 50.6 cm³/mol. The van der Waals surface area contributed by atoms with Crippen molar-refractivity contribution >= 4 is 11.6 Å². The summed E-state index contributed by atoms with van der Waals surface area (Å²) in [6.45, 7) is 1.42. The summed E-state index contributed by atoms with van der Waals surface area (Å²) in [5, 5.41) is 0. The van der Waals surface area contributed by atoms with Gasteiger partial charge in [0.1, 0.15) is 0 Å². The van der Waals surface area contributed by atoms with Crippen molar-refractivity contribution in [3.63, 3.8) is 0 Å². The van der Waals surface area contributed by atoms with Crippen LogP contribution in [-0.4, -0.2) is 36.1 Å². The number of likely N-dealkylation sites (tertiary alicyclic amines) is 1. The van der Waals surface area contributed by atoms with E-state index < -0.39 is 12.6 Å². The molecule has 0 radical (unpaired) electrons. The summed E-state index contributed by atoms with van der Waals surface area (Å²) in [7, 11) is 0. The third-order valence-electron chi connectivity index (χ3n) is 2.58. The van der Waals surface area contributed by atoms with Gasteiger partial charge in [-0.05, 0) is 32.4 Å². The largest absolute Gasteiger partial charge is 0.389 e. The van der Waals surface area contributed by atoms with E-state index in [4.69, 9.17) is 11.6 Å².